The van der Waals surface area contributed by atoms with Crippen LogP contribution in [0.2, 0.25) is 0 Å². The van der Waals surface area contributed by atoms with E-state index in [1.165, 1.54) is 18.7 Å². The van der Waals surface area contributed by atoms with Gasteiger partial charge in [-0.3, -0.25) is 14.4 Å². The molecule has 2 aromatic rings. The Bertz CT molecular complexity index is 1730. The van der Waals surface area contributed by atoms with E-state index >= 15 is 0 Å². The molecule has 5 unspecified atom stereocenters. The Morgan fingerprint density at radius 2 is 1.67 bits per heavy atom. The Hall–Kier alpha value is -4.62. The zero-order valence-corrected chi connectivity index (χ0v) is 33.4. The number of fused-ring (bicyclic) bond motifs is 1. The standard InChI is InChI=1S/C38H49N5O13S/c1-21(44)51-26-19-27(52-22(2)45)34(42-43-39)54-31(26)33(46)41-29-32(49-18-10-17-40-37(47)56-38(3,4)5)30-28(20-50-35(55-30)23-11-8-7-9-12-23)53-36(29)57-25-15-13-24(48-6)14-16-25/h7-9,11-16,26-32,34-36H,10,17-20H2,1-6H3,(H,40,47)(H,41,46)/t26-,27?,28?,29?,30-,31?,32+,34+,35?,36-/m0/s1. The third-order valence-corrected chi connectivity index (χ3v) is 9.98. The summed E-state index contributed by atoms with van der Waals surface area (Å²) in [5.74, 6) is -1.51. The molecule has 2 amide bonds. The Kier molecular flexibility index (Phi) is 15.4. The van der Waals surface area contributed by atoms with Crippen molar-refractivity contribution in [2.45, 2.75) is 119 Å². The number of carbonyl (C=O) groups is 4. The second-order valence-corrected chi connectivity index (χ2v) is 15.5. The van der Waals surface area contributed by atoms with Crippen molar-refractivity contribution in [2.24, 2.45) is 5.11 Å². The van der Waals surface area contributed by atoms with Gasteiger partial charge >= 0.3 is 18.0 Å². The van der Waals surface area contributed by atoms with Crippen LogP contribution in [0.4, 0.5) is 4.79 Å². The number of esters is 2. The van der Waals surface area contributed by atoms with Gasteiger partial charge in [0.2, 0.25) is 0 Å². The van der Waals surface area contributed by atoms with E-state index in [1.54, 1.807) is 40.0 Å². The molecule has 0 saturated carbocycles. The first-order valence-corrected chi connectivity index (χ1v) is 19.3. The van der Waals surface area contributed by atoms with Crippen LogP contribution in [0, 0.1) is 0 Å². The molecule has 3 aliphatic heterocycles. The summed E-state index contributed by atoms with van der Waals surface area (Å²) in [5, 5.41) is 9.36. The van der Waals surface area contributed by atoms with Gasteiger partial charge in [0.15, 0.2) is 18.6 Å². The van der Waals surface area contributed by atoms with E-state index in [-0.39, 0.29) is 26.2 Å². The van der Waals surface area contributed by atoms with Crippen molar-refractivity contribution in [2.75, 3.05) is 26.9 Å². The molecule has 3 aliphatic rings. The van der Waals surface area contributed by atoms with E-state index in [2.05, 4.69) is 20.7 Å². The third-order valence-electron chi connectivity index (χ3n) is 8.80. The number of azide groups is 1. The van der Waals surface area contributed by atoms with Gasteiger partial charge in [-0.25, -0.2) is 4.79 Å². The smallest absolute Gasteiger partial charge is 0.407 e. The highest BCUT2D eigenvalue weighted by atomic mass is 32.2. The lowest BCUT2D eigenvalue weighted by molar-refractivity contribution is -0.311. The number of rotatable bonds is 14. The van der Waals surface area contributed by atoms with Crippen molar-refractivity contribution in [3.63, 3.8) is 0 Å². The molecule has 3 heterocycles. The quantitative estimate of drug-likeness (QED) is 0.0659. The number of methoxy groups -OCH3 is 1. The van der Waals surface area contributed by atoms with Gasteiger partial charge in [-0.15, -0.1) is 0 Å². The van der Waals surface area contributed by atoms with Crippen LogP contribution in [0.3, 0.4) is 0 Å². The van der Waals surface area contributed by atoms with Crippen LogP contribution in [0.15, 0.2) is 64.6 Å². The summed E-state index contributed by atoms with van der Waals surface area (Å²) in [5.41, 5.74) is 8.55. The lowest BCUT2D eigenvalue weighted by atomic mass is 9.95. The molecule has 0 aliphatic carbocycles. The minimum atomic E-state index is -1.51. The molecular weight excluding hydrogens is 767 g/mol. The van der Waals surface area contributed by atoms with Crippen molar-refractivity contribution in [1.82, 2.24) is 10.6 Å². The van der Waals surface area contributed by atoms with Gasteiger partial charge in [0.1, 0.15) is 47.3 Å². The van der Waals surface area contributed by atoms with E-state index in [1.807, 2.05) is 42.5 Å². The number of benzene rings is 2. The maximum absolute atomic E-state index is 14.4. The number of carbonyl (C=O) groups excluding carboxylic acids is 4. The molecular formula is C38H49N5O13S. The van der Waals surface area contributed by atoms with E-state index in [0.717, 1.165) is 17.4 Å². The second-order valence-electron chi connectivity index (χ2n) is 14.3. The van der Waals surface area contributed by atoms with Gasteiger partial charge in [-0.2, -0.15) is 0 Å². The number of nitrogens with zero attached hydrogens (tertiary/aromatic N) is 3. The van der Waals surface area contributed by atoms with E-state index in [9.17, 15) is 24.7 Å². The Morgan fingerprint density at radius 1 is 0.965 bits per heavy atom. The van der Waals surface area contributed by atoms with Crippen LogP contribution in [-0.2, 0) is 52.3 Å². The number of hydrogen-bond acceptors (Lipinski definition) is 15. The molecule has 310 valence electrons. The molecule has 3 fully saturated rings. The molecule has 0 bridgehead atoms. The van der Waals surface area contributed by atoms with Gasteiger partial charge in [0.25, 0.3) is 5.91 Å². The van der Waals surface area contributed by atoms with Crippen LogP contribution in [0.5, 0.6) is 5.75 Å². The average Bonchev–Trinajstić information content (AvgIpc) is 3.16. The number of hydrogen-bond donors (Lipinski definition) is 2. The van der Waals surface area contributed by atoms with Gasteiger partial charge in [0.05, 0.1) is 19.8 Å². The van der Waals surface area contributed by atoms with Gasteiger partial charge in [-0.1, -0.05) is 47.2 Å². The summed E-state index contributed by atoms with van der Waals surface area (Å²) in [4.78, 5) is 54.5. The zero-order valence-electron chi connectivity index (χ0n) is 32.6. The molecule has 3 saturated heterocycles. The molecule has 18 nitrogen and oxygen atoms in total. The molecule has 2 aromatic carbocycles. The lowest BCUT2D eigenvalue weighted by Gasteiger charge is -2.49. The van der Waals surface area contributed by atoms with Crippen LogP contribution < -0.4 is 15.4 Å². The topological polar surface area (TPSA) is 224 Å². The summed E-state index contributed by atoms with van der Waals surface area (Å²) >= 11 is 1.31. The predicted molar refractivity (Wildman–Crippen MR) is 202 cm³/mol. The van der Waals surface area contributed by atoms with Gasteiger partial charge in [-0.05, 0) is 57.0 Å². The fourth-order valence-corrected chi connectivity index (χ4v) is 7.58. The Morgan fingerprint density at radius 3 is 2.32 bits per heavy atom. The van der Waals surface area contributed by atoms with Crippen molar-refractivity contribution < 1.29 is 61.8 Å². The Balaban J connectivity index is 1.46. The summed E-state index contributed by atoms with van der Waals surface area (Å²) in [6.45, 7) is 8.12. The first-order chi connectivity index (χ1) is 27.2. The van der Waals surface area contributed by atoms with Gasteiger partial charge in [0, 0.05) is 48.8 Å². The SMILES string of the molecule is COc1ccc(S[C@@H]2OC3COC(c4ccccc4)O[C@@H]3[C@H](OCCCNC(=O)OC(C)(C)C)C2NC(=O)C2O[C@@H](N=[N+]=[N-])C(OC(C)=O)C[C@@H]2OC(C)=O)cc1. The number of amides is 2. The average molecular weight is 816 g/mol. The normalized spacial score (nSPS) is 28.4. The molecule has 57 heavy (non-hydrogen) atoms. The lowest BCUT2D eigenvalue weighted by Crippen LogP contribution is -2.68. The van der Waals surface area contributed by atoms with Crippen molar-refractivity contribution in [1.29, 1.82) is 0 Å². The Labute approximate surface area is 334 Å². The minimum absolute atomic E-state index is 0.120. The second kappa shape index (κ2) is 20.2. The highest BCUT2D eigenvalue weighted by molar-refractivity contribution is 7.99. The van der Waals surface area contributed by atoms with Crippen LogP contribution in [-0.4, -0.2) is 111 Å². The van der Waals surface area contributed by atoms with Crippen LogP contribution in [0.25, 0.3) is 10.4 Å². The van der Waals surface area contributed by atoms with Crippen LogP contribution >= 0.6 is 11.8 Å². The summed E-state index contributed by atoms with van der Waals surface area (Å²) in [6, 6.07) is 15.7. The van der Waals surface area contributed by atoms with E-state index in [0.29, 0.717) is 12.2 Å². The summed E-state index contributed by atoms with van der Waals surface area (Å²) in [6.07, 6.45) is -8.76. The summed E-state index contributed by atoms with van der Waals surface area (Å²) < 4.78 is 53.3. The molecule has 0 aromatic heterocycles. The number of nitrogens with one attached hydrogen (secondary N) is 2. The van der Waals surface area contributed by atoms with Crippen molar-refractivity contribution in [3.8, 4) is 5.75 Å². The fourth-order valence-electron chi connectivity index (χ4n) is 6.45. The monoisotopic (exact) mass is 815 g/mol. The molecule has 19 heteroatoms. The van der Waals surface area contributed by atoms with Crippen molar-refractivity contribution >= 4 is 35.7 Å². The molecule has 2 N–H and O–H groups in total. The molecule has 5 rings (SSSR count). The highest BCUT2D eigenvalue weighted by Gasteiger charge is 2.53. The maximum atomic E-state index is 14.4. The van der Waals surface area contributed by atoms with Crippen LogP contribution in [0.1, 0.15) is 59.3 Å². The van der Waals surface area contributed by atoms with E-state index < -0.39 is 90.2 Å². The molecule has 10 atom stereocenters. The third kappa shape index (κ3) is 12.4. The maximum Gasteiger partial charge on any atom is 0.407 e. The first kappa shape index (κ1) is 43.5. The van der Waals surface area contributed by atoms with Gasteiger partial charge < -0.3 is 53.3 Å². The first-order valence-electron chi connectivity index (χ1n) is 18.5. The number of ether oxygens (including phenoxy) is 9. The zero-order chi connectivity index (χ0) is 41.1. The highest BCUT2D eigenvalue weighted by Crippen LogP contribution is 2.41. The molecule has 0 radical (unpaired) electrons. The predicted octanol–water partition coefficient (Wildman–Crippen LogP) is 4.70. The fraction of sp³-hybridized carbons (Fsp3) is 0.579. The summed E-state index contributed by atoms with van der Waals surface area (Å²) in [7, 11) is 1.56. The number of thioether (sulfide) groups is 1. The molecule has 0 spiro atoms. The van der Waals surface area contributed by atoms with Crippen molar-refractivity contribution in [3.05, 3.63) is 70.6 Å². The number of alkyl carbamates (subject to hydrolysis) is 1. The van der Waals surface area contributed by atoms with E-state index in [4.69, 9.17) is 42.6 Å². The minimum Gasteiger partial charge on any atom is -0.497 e. The largest absolute Gasteiger partial charge is 0.497 e.